The van der Waals surface area contributed by atoms with Crippen LogP contribution in [0.25, 0.3) is 0 Å². The molecule has 0 aliphatic carbocycles. The molecule has 26 heavy (non-hydrogen) atoms. The molecule has 1 saturated heterocycles. The van der Waals surface area contributed by atoms with Gasteiger partial charge in [-0.2, -0.15) is 0 Å². The van der Waals surface area contributed by atoms with E-state index in [-0.39, 0.29) is 13.2 Å². The van der Waals surface area contributed by atoms with Crippen LogP contribution >= 0.6 is 0 Å². The largest absolute Gasteiger partial charge is 0.394 e. The Labute approximate surface area is 155 Å². The Balaban J connectivity index is 2.09. The number of hydrogen-bond donors (Lipinski definition) is 5. The Kier molecular flexibility index (Phi) is 12.6. The van der Waals surface area contributed by atoms with Crippen molar-refractivity contribution in [1.82, 2.24) is 0 Å². The van der Waals surface area contributed by atoms with Crippen molar-refractivity contribution in [2.24, 2.45) is 0 Å². The minimum atomic E-state index is -1.49. The number of rotatable bonds is 14. The molecule has 0 amide bonds. The van der Waals surface area contributed by atoms with E-state index in [4.69, 9.17) is 19.3 Å². The molecule has 1 rings (SSSR count). The molecule has 8 heteroatoms. The predicted molar refractivity (Wildman–Crippen MR) is 94.5 cm³/mol. The summed E-state index contributed by atoms with van der Waals surface area (Å²) in [4.78, 5) is 0. The van der Waals surface area contributed by atoms with Gasteiger partial charge in [-0.25, -0.2) is 0 Å². The normalized spacial score (nSPS) is 30.5. The summed E-state index contributed by atoms with van der Waals surface area (Å²) in [6.07, 6.45) is 0.838. The van der Waals surface area contributed by atoms with Crippen LogP contribution in [0.5, 0.6) is 0 Å². The fourth-order valence-electron chi connectivity index (χ4n) is 2.90. The molecule has 6 atom stereocenters. The van der Waals surface area contributed by atoms with Crippen molar-refractivity contribution in [3.05, 3.63) is 0 Å². The summed E-state index contributed by atoms with van der Waals surface area (Å²) >= 11 is 0. The van der Waals surface area contributed by atoms with Crippen LogP contribution in [0.3, 0.4) is 0 Å². The van der Waals surface area contributed by atoms with Crippen LogP contribution in [0, 0.1) is 0 Å². The molecule has 0 aromatic carbocycles. The molecule has 1 aliphatic heterocycles. The van der Waals surface area contributed by atoms with Gasteiger partial charge in [0.05, 0.1) is 19.8 Å². The summed E-state index contributed by atoms with van der Waals surface area (Å²) < 4.78 is 15.7. The Morgan fingerprint density at radius 1 is 0.923 bits per heavy atom. The molecule has 0 radical (unpaired) electrons. The molecule has 0 aromatic heterocycles. The van der Waals surface area contributed by atoms with Gasteiger partial charge in [0.15, 0.2) is 6.29 Å². The molecule has 8 nitrogen and oxygen atoms in total. The quantitative estimate of drug-likeness (QED) is 0.265. The van der Waals surface area contributed by atoms with Crippen molar-refractivity contribution in [2.45, 2.75) is 88.7 Å². The Bertz CT molecular complexity index is 343. The number of unbranched alkanes of at least 4 members (excludes halogenated alkanes) is 6. The van der Waals surface area contributed by atoms with Gasteiger partial charge in [0, 0.05) is 6.61 Å². The molecule has 0 bridgehead atoms. The first-order valence-corrected chi connectivity index (χ1v) is 9.69. The van der Waals surface area contributed by atoms with Crippen molar-refractivity contribution in [3.8, 4) is 0 Å². The fourth-order valence-corrected chi connectivity index (χ4v) is 2.90. The van der Waals surface area contributed by atoms with Gasteiger partial charge in [0.25, 0.3) is 0 Å². The Morgan fingerprint density at radius 2 is 1.58 bits per heavy atom. The van der Waals surface area contributed by atoms with Gasteiger partial charge >= 0.3 is 0 Å². The highest BCUT2D eigenvalue weighted by Crippen LogP contribution is 2.22. The predicted octanol–water partition coefficient (Wildman–Crippen LogP) is -0.0690. The van der Waals surface area contributed by atoms with Crippen LogP contribution in [0.2, 0.25) is 0 Å². The lowest BCUT2D eigenvalue weighted by atomic mass is 9.99. The summed E-state index contributed by atoms with van der Waals surface area (Å²) in [7, 11) is 0. The van der Waals surface area contributed by atoms with Crippen molar-refractivity contribution >= 4 is 0 Å². The standard InChI is InChI=1S/C18H36O8/c1-2-3-4-5-6-7-8-9-24-11-13(20)12-25-17-16(22)15(21)14(10-19)26-18(17)23/h13-23H,2-12H2,1H3/t13?,14-,15+,16+,17-,18-/m1/s1. The van der Waals surface area contributed by atoms with E-state index >= 15 is 0 Å². The second-order valence-electron chi connectivity index (χ2n) is 6.88. The average Bonchev–Trinajstić information content (AvgIpc) is 2.63. The highest BCUT2D eigenvalue weighted by atomic mass is 16.7. The SMILES string of the molecule is CCCCCCCCCOCC(O)CO[C@@H]1[C@@H](O)[C@@H](O)[C@@H](CO)O[C@H]1O. The van der Waals surface area contributed by atoms with Gasteiger partial charge in [0.1, 0.15) is 30.5 Å². The molecular weight excluding hydrogens is 344 g/mol. The third-order valence-electron chi connectivity index (χ3n) is 4.53. The Morgan fingerprint density at radius 3 is 2.23 bits per heavy atom. The van der Waals surface area contributed by atoms with Crippen LogP contribution in [-0.2, 0) is 14.2 Å². The molecule has 156 valence electrons. The van der Waals surface area contributed by atoms with Crippen LogP contribution in [0.4, 0.5) is 0 Å². The van der Waals surface area contributed by atoms with E-state index in [1.807, 2.05) is 0 Å². The topological polar surface area (TPSA) is 129 Å². The highest BCUT2D eigenvalue weighted by molar-refractivity contribution is 4.89. The van der Waals surface area contributed by atoms with E-state index < -0.39 is 43.4 Å². The van der Waals surface area contributed by atoms with Crippen LogP contribution in [0.1, 0.15) is 51.9 Å². The van der Waals surface area contributed by atoms with Gasteiger partial charge in [0.2, 0.25) is 0 Å². The van der Waals surface area contributed by atoms with E-state index in [0.717, 1.165) is 12.8 Å². The zero-order valence-corrected chi connectivity index (χ0v) is 15.7. The maximum Gasteiger partial charge on any atom is 0.184 e. The van der Waals surface area contributed by atoms with E-state index in [1.165, 1.54) is 32.1 Å². The van der Waals surface area contributed by atoms with Gasteiger partial charge in [-0.15, -0.1) is 0 Å². The van der Waals surface area contributed by atoms with Crippen molar-refractivity contribution in [3.63, 3.8) is 0 Å². The lowest BCUT2D eigenvalue weighted by Gasteiger charge is -2.40. The first-order valence-electron chi connectivity index (χ1n) is 9.69. The minimum absolute atomic E-state index is 0.0947. The number of aliphatic hydroxyl groups is 5. The van der Waals surface area contributed by atoms with E-state index in [0.29, 0.717) is 6.61 Å². The number of hydrogen-bond acceptors (Lipinski definition) is 8. The second-order valence-corrected chi connectivity index (χ2v) is 6.88. The molecule has 1 heterocycles. The van der Waals surface area contributed by atoms with Gasteiger partial charge < -0.3 is 39.7 Å². The van der Waals surface area contributed by atoms with E-state index in [2.05, 4.69) is 6.92 Å². The maximum absolute atomic E-state index is 9.93. The van der Waals surface area contributed by atoms with Crippen molar-refractivity contribution in [1.29, 1.82) is 0 Å². The fraction of sp³-hybridized carbons (Fsp3) is 1.00. The molecule has 0 saturated carbocycles. The molecule has 1 unspecified atom stereocenters. The summed E-state index contributed by atoms with van der Waals surface area (Å²) in [5.74, 6) is 0. The monoisotopic (exact) mass is 380 g/mol. The lowest BCUT2D eigenvalue weighted by molar-refractivity contribution is -0.299. The van der Waals surface area contributed by atoms with Gasteiger partial charge in [-0.3, -0.25) is 0 Å². The zero-order chi connectivity index (χ0) is 19.4. The smallest absolute Gasteiger partial charge is 0.184 e. The molecule has 1 fully saturated rings. The summed E-state index contributed by atoms with van der Waals surface area (Å²) in [5, 5.41) is 48.4. The third-order valence-corrected chi connectivity index (χ3v) is 4.53. The number of ether oxygens (including phenoxy) is 3. The first kappa shape index (κ1) is 23.7. The van der Waals surface area contributed by atoms with Crippen LogP contribution < -0.4 is 0 Å². The summed E-state index contributed by atoms with van der Waals surface area (Å²) in [6.45, 7) is 2.16. The molecule has 5 N–H and O–H groups in total. The number of aliphatic hydroxyl groups excluding tert-OH is 5. The highest BCUT2D eigenvalue weighted by Gasteiger charge is 2.44. The van der Waals surface area contributed by atoms with Crippen molar-refractivity contribution < 1.29 is 39.7 Å². The lowest BCUT2D eigenvalue weighted by Crippen LogP contribution is -2.59. The van der Waals surface area contributed by atoms with Crippen LogP contribution in [0.15, 0.2) is 0 Å². The second kappa shape index (κ2) is 13.8. The minimum Gasteiger partial charge on any atom is -0.394 e. The molecule has 0 spiro atoms. The van der Waals surface area contributed by atoms with Gasteiger partial charge in [-0.1, -0.05) is 45.4 Å². The van der Waals surface area contributed by atoms with E-state index in [1.54, 1.807) is 0 Å². The average molecular weight is 380 g/mol. The molecule has 0 aromatic rings. The van der Waals surface area contributed by atoms with Crippen LogP contribution in [-0.4, -0.2) is 88.8 Å². The Hall–Kier alpha value is -0.320. The maximum atomic E-state index is 9.93. The van der Waals surface area contributed by atoms with Crippen molar-refractivity contribution in [2.75, 3.05) is 26.4 Å². The molecule has 1 aliphatic rings. The summed E-state index contributed by atoms with van der Waals surface area (Å²) in [5.41, 5.74) is 0. The zero-order valence-electron chi connectivity index (χ0n) is 15.7. The van der Waals surface area contributed by atoms with E-state index in [9.17, 15) is 20.4 Å². The third kappa shape index (κ3) is 8.58. The summed E-state index contributed by atoms with van der Waals surface area (Å²) in [6, 6.07) is 0. The first-order chi connectivity index (χ1) is 12.5. The molecular formula is C18H36O8. The van der Waals surface area contributed by atoms with Gasteiger partial charge in [-0.05, 0) is 6.42 Å².